The predicted octanol–water partition coefficient (Wildman–Crippen LogP) is 2.05. The van der Waals surface area contributed by atoms with Crippen LogP contribution in [0.2, 0.25) is 0 Å². The maximum Gasteiger partial charge on any atom is 0.118 e. The summed E-state index contributed by atoms with van der Waals surface area (Å²) < 4.78 is 5.18. The summed E-state index contributed by atoms with van der Waals surface area (Å²) in [7, 11) is 1.69. The van der Waals surface area contributed by atoms with Crippen molar-refractivity contribution in [2.75, 3.05) is 20.2 Å². The highest BCUT2D eigenvalue weighted by Gasteiger charge is 2.37. The van der Waals surface area contributed by atoms with Crippen LogP contribution >= 0.6 is 0 Å². The van der Waals surface area contributed by atoms with Crippen molar-refractivity contribution in [3.05, 3.63) is 29.8 Å². The molecule has 1 fully saturated rings. The monoisotopic (exact) mass is 248 g/mol. The number of nitrogens with one attached hydrogen (secondary N) is 1. The first kappa shape index (κ1) is 13.4. The molecule has 0 saturated heterocycles. The van der Waals surface area contributed by atoms with Gasteiger partial charge in [-0.1, -0.05) is 26.0 Å². The van der Waals surface area contributed by atoms with Gasteiger partial charge in [0.05, 0.1) is 7.11 Å². The SMILES string of the molecule is COc1ccc(C(C)(C)CNCC2(N)CC2)cc1. The average Bonchev–Trinajstić information content (AvgIpc) is 3.07. The van der Waals surface area contributed by atoms with Crippen molar-refractivity contribution in [2.45, 2.75) is 37.6 Å². The first-order valence-corrected chi connectivity index (χ1v) is 6.59. The van der Waals surface area contributed by atoms with Crippen molar-refractivity contribution in [1.29, 1.82) is 0 Å². The summed E-state index contributed by atoms with van der Waals surface area (Å²) in [6.07, 6.45) is 2.31. The molecule has 1 aromatic rings. The van der Waals surface area contributed by atoms with Gasteiger partial charge < -0.3 is 15.8 Å². The Kier molecular flexibility index (Phi) is 3.64. The lowest BCUT2D eigenvalue weighted by Crippen LogP contribution is -2.41. The number of methoxy groups -OCH3 is 1. The molecule has 1 saturated carbocycles. The summed E-state index contributed by atoms with van der Waals surface area (Å²) in [5.74, 6) is 0.904. The Bertz CT molecular complexity index is 393. The Balaban J connectivity index is 1.91. The minimum Gasteiger partial charge on any atom is -0.497 e. The van der Waals surface area contributed by atoms with E-state index in [2.05, 4.69) is 31.3 Å². The van der Waals surface area contributed by atoms with Gasteiger partial charge >= 0.3 is 0 Å². The van der Waals surface area contributed by atoms with Gasteiger partial charge in [0.1, 0.15) is 5.75 Å². The van der Waals surface area contributed by atoms with E-state index in [9.17, 15) is 0 Å². The number of hydrogen-bond donors (Lipinski definition) is 2. The van der Waals surface area contributed by atoms with Gasteiger partial charge in [-0.15, -0.1) is 0 Å². The van der Waals surface area contributed by atoms with E-state index in [1.807, 2.05) is 12.1 Å². The fourth-order valence-electron chi connectivity index (χ4n) is 2.11. The third-order valence-electron chi connectivity index (χ3n) is 3.81. The molecule has 0 amide bonds. The van der Waals surface area contributed by atoms with Gasteiger partial charge in [-0.2, -0.15) is 0 Å². The highest BCUT2D eigenvalue weighted by Crippen LogP contribution is 2.31. The lowest BCUT2D eigenvalue weighted by atomic mass is 9.84. The summed E-state index contributed by atoms with van der Waals surface area (Å²) >= 11 is 0. The molecule has 1 aromatic carbocycles. The molecule has 18 heavy (non-hydrogen) atoms. The second-order valence-electron chi connectivity index (χ2n) is 6.08. The van der Waals surface area contributed by atoms with Crippen LogP contribution in [0.1, 0.15) is 32.3 Å². The Morgan fingerprint density at radius 2 is 1.89 bits per heavy atom. The number of benzene rings is 1. The lowest BCUT2D eigenvalue weighted by molar-refractivity contribution is 0.413. The molecule has 0 aliphatic heterocycles. The summed E-state index contributed by atoms with van der Waals surface area (Å²) in [5, 5.41) is 3.50. The molecule has 1 aliphatic carbocycles. The van der Waals surface area contributed by atoms with Gasteiger partial charge in [0.2, 0.25) is 0 Å². The molecule has 2 rings (SSSR count). The van der Waals surface area contributed by atoms with Gasteiger partial charge in [-0.3, -0.25) is 0 Å². The standard InChI is InChI=1S/C15H24N2O/c1-14(2,10-17-11-15(16)8-9-15)12-4-6-13(18-3)7-5-12/h4-7,17H,8-11,16H2,1-3H3. The Morgan fingerprint density at radius 1 is 1.28 bits per heavy atom. The molecular formula is C15H24N2O. The zero-order valence-electron chi connectivity index (χ0n) is 11.6. The van der Waals surface area contributed by atoms with Crippen LogP contribution in [-0.4, -0.2) is 25.7 Å². The fraction of sp³-hybridized carbons (Fsp3) is 0.600. The molecule has 0 aromatic heterocycles. The van der Waals surface area contributed by atoms with Crippen LogP contribution in [0.15, 0.2) is 24.3 Å². The predicted molar refractivity (Wildman–Crippen MR) is 75.0 cm³/mol. The average molecular weight is 248 g/mol. The van der Waals surface area contributed by atoms with Crippen molar-refractivity contribution < 1.29 is 4.74 Å². The maximum absolute atomic E-state index is 6.07. The van der Waals surface area contributed by atoms with Crippen LogP contribution in [0.25, 0.3) is 0 Å². The van der Waals surface area contributed by atoms with Gasteiger partial charge in [0.25, 0.3) is 0 Å². The van der Waals surface area contributed by atoms with Crippen LogP contribution in [0.4, 0.5) is 0 Å². The van der Waals surface area contributed by atoms with Crippen molar-refractivity contribution in [3.8, 4) is 5.75 Å². The number of rotatable bonds is 6. The van der Waals surface area contributed by atoms with E-state index in [-0.39, 0.29) is 11.0 Å². The zero-order chi connectivity index (χ0) is 13.2. The van der Waals surface area contributed by atoms with Crippen LogP contribution < -0.4 is 15.8 Å². The van der Waals surface area contributed by atoms with Crippen molar-refractivity contribution in [3.63, 3.8) is 0 Å². The lowest BCUT2D eigenvalue weighted by Gasteiger charge is -2.27. The van der Waals surface area contributed by atoms with Crippen LogP contribution in [-0.2, 0) is 5.41 Å². The first-order chi connectivity index (χ1) is 8.45. The highest BCUT2D eigenvalue weighted by atomic mass is 16.5. The van der Waals surface area contributed by atoms with E-state index in [0.29, 0.717) is 0 Å². The molecule has 1 aliphatic rings. The van der Waals surface area contributed by atoms with Crippen LogP contribution in [0.5, 0.6) is 5.75 Å². The molecule has 100 valence electrons. The normalized spacial score (nSPS) is 17.6. The smallest absolute Gasteiger partial charge is 0.118 e. The summed E-state index contributed by atoms with van der Waals surface area (Å²) in [4.78, 5) is 0. The summed E-state index contributed by atoms with van der Waals surface area (Å²) in [5.41, 5.74) is 7.58. The molecule has 3 heteroatoms. The highest BCUT2D eigenvalue weighted by molar-refractivity contribution is 5.31. The van der Waals surface area contributed by atoms with Gasteiger partial charge in [-0.05, 0) is 30.5 Å². The second-order valence-corrected chi connectivity index (χ2v) is 6.08. The Hall–Kier alpha value is -1.06. The maximum atomic E-state index is 6.07. The van der Waals surface area contributed by atoms with Gasteiger partial charge in [0.15, 0.2) is 0 Å². The molecule has 0 heterocycles. The zero-order valence-corrected chi connectivity index (χ0v) is 11.6. The molecule has 3 N–H and O–H groups in total. The van der Waals surface area contributed by atoms with Crippen molar-refractivity contribution >= 4 is 0 Å². The van der Waals surface area contributed by atoms with E-state index < -0.39 is 0 Å². The van der Waals surface area contributed by atoms with Gasteiger partial charge in [-0.25, -0.2) is 0 Å². The fourth-order valence-corrected chi connectivity index (χ4v) is 2.11. The Labute approximate surface area is 110 Å². The third-order valence-corrected chi connectivity index (χ3v) is 3.81. The molecule has 0 bridgehead atoms. The number of ether oxygens (including phenoxy) is 1. The third kappa shape index (κ3) is 3.24. The van der Waals surface area contributed by atoms with E-state index in [1.54, 1.807) is 7.11 Å². The topological polar surface area (TPSA) is 47.3 Å². The van der Waals surface area contributed by atoms with E-state index in [4.69, 9.17) is 10.5 Å². The molecule has 3 nitrogen and oxygen atoms in total. The van der Waals surface area contributed by atoms with Crippen LogP contribution in [0.3, 0.4) is 0 Å². The van der Waals surface area contributed by atoms with E-state index >= 15 is 0 Å². The minimum absolute atomic E-state index is 0.0794. The molecule has 0 radical (unpaired) electrons. The number of hydrogen-bond acceptors (Lipinski definition) is 3. The second kappa shape index (κ2) is 4.90. The van der Waals surface area contributed by atoms with Gasteiger partial charge in [0, 0.05) is 24.0 Å². The van der Waals surface area contributed by atoms with E-state index in [0.717, 1.165) is 31.7 Å². The quantitative estimate of drug-likeness (QED) is 0.810. The number of nitrogens with two attached hydrogens (primary N) is 1. The minimum atomic E-state index is 0.0794. The largest absolute Gasteiger partial charge is 0.497 e. The molecule has 0 unspecified atom stereocenters. The Morgan fingerprint density at radius 3 is 2.39 bits per heavy atom. The van der Waals surface area contributed by atoms with E-state index in [1.165, 1.54) is 5.56 Å². The molecular weight excluding hydrogens is 224 g/mol. The molecule has 0 spiro atoms. The van der Waals surface area contributed by atoms with Crippen molar-refractivity contribution in [1.82, 2.24) is 5.32 Å². The molecule has 0 atom stereocenters. The summed E-state index contributed by atoms with van der Waals surface area (Å²) in [6, 6.07) is 8.30. The van der Waals surface area contributed by atoms with Crippen molar-refractivity contribution in [2.24, 2.45) is 5.73 Å². The van der Waals surface area contributed by atoms with Crippen LogP contribution in [0, 0.1) is 0 Å². The summed E-state index contributed by atoms with van der Waals surface area (Å²) in [6.45, 7) is 6.36. The first-order valence-electron chi connectivity index (χ1n) is 6.59.